The van der Waals surface area contributed by atoms with E-state index in [0.717, 1.165) is 30.6 Å². The number of nitrogens with zero attached hydrogens (tertiary/aromatic N) is 3. The normalized spacial score (nSPS) is 17.1. The number of hydrogen-bond donors (Lipinski definition) is 1. The highest BCUT2D eigenvalue weighted by Gasteiger charge is 2.25. The van der Waals surface area contributed by atoms with E-state index in [0.29, 0.717) is 6.04 Å². The largest absolute Gasteiger partial charge is 0.342 e. The maximum absolute atomic E-state index is 4.39. The lowest BCUT2D eigenvalue weighted by Crippen LogP contribution is -2.57. The Morgan fingerprint density at radius 2 is 2.38 bits per heavy atom. The van der Waals surface area contributed by atoms with Crippen molar-refractivity contribution in [2.45, 2.75) is 19.9 Å². The van der Waals surface area contributed by atoms with Crippen LogP contribution in [-0.4, -0.2) is 35.0 Å². The Morgan fingerprint density at radius 3 is 2.77 bits per heavy atom. The lowest BCUT2D eigenvalue weighted by molar-refractivity contribution is 0.417. The minimum absolute atomic E-state index is 0.623. The van der Waals surface area contributed by atoms with Gasteiger partial charge in [0.25, 0.3) is 0 Å². The zero-order valence-corrected chi connectivity index (χ0v) is 8.77. The molecule has 1 aromatic heterocycles. The molecule has 1 aromatic rings. The van der Waals surface area contributed by atoms with Crippen molar-refractivity contribution in [2.75, 3.05) is 24.5 Å². The maximum Gasteiger partial charge on any atom is 0.205 e. The SMILES string of the molecule is CCN(c1nc(C)ns1)C1CNC1. The van der Waals surface area contributed by atoms with Crippen molar-refractivity contribution in [3.05, 3.63) is 5.82 Å². The molecule has 4 nitrogen and oxygen atoms in total. The summed E-state index contributed by atoms with van der Waals surface area (Å²) >= 11 is 1.50. The number of hydrogen-bond acceptors (Lipinski definition) is 5. The smallest absolute Gasteiger partial charge is 0.205 e. The standard InChI is InChI=1S/C8H14N4S/c1-3-12(7-4-9-5-7)8-10-6(2)11-13-8/h7,9H,3-5H2,1-2H3. The Hall–Kier alpha value is -0.680. The van der Waals surface area contributed by atoms with Crippen LogP contribution < -0.4 is 10.2 Å². The quantitative estimate of drug-likeness (QED) is 0.774. The highest BCUT2D eigenvalue weighted by molar-refractivity contribution is 7.09. The van der Waals surface area contributed by atoms with Gasteiger partial charge in [-0.25, -0.2) is 4.98 Å². The van der Waals surface area contributed by atoms with Crippen LogP contribution in [0.25, 0.3) is 0 Å². The van der Waals surface area contributed by atoms with Gasteiger partial charge >= 0.3 is 0 Å². The Morgan fingerprint density at radius 1 is 1.62 bits per heavy atom. The van der Waals surface area contributed by atoms with Crippen LogP contribution in [0.5, 0.6) is 0 Å². The number of nitrogens with one attached hydrogen (secondary N) is 1. The summed E-state index contributed by atoms with van der Waals surface area (Å²) in [7, 11) is 0. The summed E-state index contributed by atoms with van der Waals surface area (Å²) in [5, 5.41) is 4.33. The van der Waals surface area contributed by atoms with Gasteiger partial charge in [0.15, 0.2) is 0 Å². The van der Waals surface area contributed by atoms with E-state index in [-0.39, 0.29) is 0 Å². The second-order valence-corrected chi connectivity index (χ2v) is 3.95. The molecule has 0 aromatic carbocycles. The first-order valence-corrected chi connectivity index (χ1v) is 5.36. The monoisotopic (exact) mass is 198 g/mol. The van der Waals surface area contributed by atoms with Gasteiger partial charge < -0.3 is 10.2 Å². The van der Waals surface area contributed by atoms with Crippen molar-refractivity contribution in [1.82, 2.24) is 14.7 Å². The Balaban J connectivity index is 2.11. The predicted molar refractivity (Wildman–Crippen MR) is 54.3 cm³/mol. The van der Waals surface area contributed by atoms with Gasteiger partial charge in [-0.15, -0.1) is 0 Å². The zero-order valence-electron chi connectivity index (χ0n) is 7.95. The number of aryl methyl sites for hydroxylation is 1. The zero-order chi connectivity index (χ0) is 9.26. The molecule has 1 aliphatic heterocycles. The van der Waals surface area contributed by atoms with E-state index in [1.807, 2.05) is 6.92 Å². The van der Waals surface area contributed by atoms with Gasteiger partial charge in [-0.3, -0.25) is 0 Å². The minimum atomic E-state index is 0.623. The Kier molecular flexibility index (Phi) is 2.46. The molecule has 0 spiro atoms. The van der Waals surface area contributed by atoms with Crippen molar-refractivity contribution < 1.29 is 0 Å². The van der Waals surface area contributed by atoms with Crippen LogP contribution in [0.15, 0.2) is 0 Å². The summed E-state index contributed by atoms with van der Waals surface area (Å²) in [6.45, 7) is 7.27. The van der Waals surface area contributed by atoms with E-state index in [9.17, 15) is 0 Å². The van der Waals surface area contributed by atoms with Crippen LogP contribution >= 0.6 is 11.5 Å². The molecule has 1 fully saturated rings. The molecule has 1 N–H and O–H groups in total. The number of rotatable bonds is 3. The number of likely N-dealkylation sites (N-methyl/N-ethyl adjacent to an activating group) is 1. The lowest BCUT2D eigenvalue weighted by Gasteiger charge is -2.37. The van der Waals surface area contributed by atoms with Crippen LogP contribution in [0.1, 0.15) is 12.7 Å². The third kappa shape index (κ3) is 1.66. The van der Waals surface area contributed by atoms with E-state index in [4.69, 9.17) is 0 Å². The summed E-state index contributed by atoms with van der Waals surface area (Å²) in [5.41, 5.74) is 0. The fraction of sp³-hybridized carbons (Fsp3) is 0.750. The summed E-state index contributed by atoms with van der Waals surface area (Å²) < 4.78 is 4.19. The summed E-state index contributed by atoms with van der Waals surface area (Å²) in [6.07, 6.45) is 0. The third-order valence-corrected chi connectivity index (χ3v) is 3.15. The molecule has 0 aliphatic carbocycles. The van der Waals surface area contributed by atoms with E-state index in [1.165, 1.54) is 11.5 Å². The molecule has 13 heavy (non-hydrogen) atoms. The summed E-state index contributed by atoms with van der Waals surface area (Å²) in [5.74, 6) is 0.880. The van der Waals surface area contributed by atoms with Crippen LogP contribution in [0.3, 0.4) is 0 Å². The van der Waals surface area contributed by atoms with Crippen molar-refractivity contribution in [2.24, 2.45) is 0 Å². The first kappa shape index (κ1) is 8.90. The molecule has 1 aliphatic rings. The highest BCUT2D eigenvalue weighted by Crippen LogP contribution is 2.20. The molecule has 0 radical (unpaired) electrons. The van der Waals surface area contributed by atoms with E-state index in [1.54, 1.807) is 0 Å². The van der Waals surface area contributed by atoms with Gasteiger partial charge in [0.2, 0.25) is 5.13 Å². The third-order valence-electron chi connectivity index (χ3n) is 2.30. The van der Waals surface area contributed by atoms with Gasteiger partial charge in [-0.05, 0) is 13.8 Å². The minimum Gasteiger partial charge on any atom is -0.342 e. The van der Waals surface area contributed by atoms with Crippen LogP contribution in [-0.2, 0) is 0 Å². The molecule has 0 amide bonds. The lowest BCUT2D eigenvalue weighted by atomic mass is 10.1. The molecule has 0 saturated carbocycles. The van der Waals surface area contributed by atoms with Gasteiger partial charge in [-0.1, -0.05) is 0 Å². The van der Waals surface area contributed by atoms with E-state index >= 15 is 0 Å². The second kappa shape index (κ2) is 3.59. The van der Waals surface area contributed by atoms with Crippen LogP contribution in [0.2, 0.25) is 0 Å². The molecular formula is C8H14N4S. The first-order chi connectivity index (χ1) is 6.31. The first-order valence-electron chi connectivity index (χ1n) is 4.59. The van der Waals surface area contributed by atoms with Crippen LogP contribution in [0, 0.1) is 6.92 Å². The molecule has 0 atom stereocenters. The van der Waals surface area contributed by atoms with Gasteiger partial charge in [0, 0.05) is 31.2 Å². The molecule has 72 valence electrons. The highest BCUT2D eigenvalue weighted by atomic mass is 32.1. The van der Waals surface area contributed by atoms with Gasteiger partial charge in [0.05, 0.1) is 6.04 Å². The Bertz CT molecular complexity index is 281. The maximum atomic E-state index is 4.39. The topological polar surface area (TPSA) is 41.1 Å². The average Bonchev–Trinajstić information content (AvgIpc) is 2.43. The van der Waals surface area contributed by atoms with E-state index in [2.05, 4.69) is 26.5 Å². The van der Waals surface area contributed by atoms with Crippen molar-refractivity contribution >= 4 is 16.7 Å². The summed E-state index contributed by atoms with van der Waals surface area (Å²) in [6, 6.07) is 0.623. The summed E-state index contributed by atoms with van der Waals surface area (Å²) in [4.78, 5) is 6.71. The van der Waals surface area contributed by atoms with Crippen molar-refractivity contribution in [1.29, 1.82) is 0 Å². The fourth-order valence-electron chi connectivity index (χ4n) is 1.45. The van der Waals surface area contributed by atoms with Gasteiger partial charge in [0.1, 0.15) is 5.82 Å². The predicted octanol–water partition coefficient (Wildman–Crippen LogP) is 0.645. The molecule has 5 heteroatoms. The van der Waals surface area contributed by atoms with Crippen LogP contribution in [0.4, 0.5) is 5.13 Å². The van der Waals surface area contributed by atoms with E-state index < -0.39 is 0 Å². The number of anilines is 1. The van der Waals surface area contributed by atoms with Crippen molar-refractivity contribution in [3.63, 3.8) is 0 Å². The molecule has 0 unspecified atom stereocenters. The number of aromatic nitrogens is 2. The fourth-order valence-corrected chi connectivity index (χ4v) is 2.26. The molecule has 2 heterocycles. The average molecular weight is 198 g/mol. The molecule has 1 saturated heterocycles. The van der Waals surface area contributed by atoms with Crippen molar-refractivity contribution in [3.8, 4) is 0 Å². The van der Waals surface area contributed by atoms with Gasteiger partial charge in [-0.2, -0.15) is 4.37 Å². The molecule has 2 rings (SSSR count). The molecular weight excluding hydrogens is 184 g/mol. The Labute approximate surface area is 82.1 Å². The molecule has 0 bridgehead atoms. The second-order valence-electron chi connectivity index (χ2n) is 3.22.